The fourth-order valence-electron chi connectivity index (χ4n) is 1.56. The summed E-state index contributed by atoms with van der Waals surface area (Å²) in [6.45, 7) is 1.76. The first-order valence-electron chi connectivity index (χ1n) is 5.93. The second-order valence-electron chi connectivity index (χ2n) is 3.94. The van der Waals surface area contributed by atoms with Crippen LogP contribution in [0.5, 0.6) is 0 Å². The molecule has 0 bridgehead atoms. The Morgan fingerprint density at radius 2 is 2.24 bits per heavy atom. The SMILES string of the molecule is CCOC(=O)c1cn[nH]c1NS(=O)(=O)c1cccc(F)c1. The molecule has 0 fully saturated rings. The summed E-state index contributed by atoms with van der Waals surface area (Å²) < 4.78 is 44.2. The number of esters is 1. The lowest BCUT2D eigenvalue weighted by atomic mass is 10.3. The van der Waals surface area contributed by atoms with Crippen molar-refractivity contribution in [2.45, 2.75) is 11.8 Å². The van der Waals surface area contributed by atoms with Crippen molar-refractivity contribution < 1.29 is 22.3 Å². The fraction of sp³-hybridized carbons (Fsp3) is 0.167. The smallest absolute Gasteiger partial charge is 0.343 e. The third-order valence-corrected chi connectivity index (χ3v) is 3.82. The van der Waals surface area contributed by atoms with Crippen LogP contribution >= 0.6 is 0 Å². The number of H-pyrrole nitrogens is 1. The largest absolute Gasteiger partial charge is 0.462 e. The first-order chi connectivity index (χ1) is 9.94. The standard InChI is InChI=1S/C12H12FN3O4S/c1-2-20-12(17)10-7-14-15-11(10)16-21(18,19)9-5-3-4-8(13)6-9/h3-7H,2H2,1H3,(H2,14,15,16). The molecule has 0 unspecified atom stereocenters. The molecular weight excluding hydrogens is 301 g/mol. The summed E-state index contributed by atoms with van der Waals surface area (Å²) in [6, 6.07) is 4.48. The molecule has 0 saturated heterocycles. The first kappa shape index (κ1) is 15.0. The number of carbonyl (C=O) groups is 1. The van der Waals surface area contributed by atoms with Gasteiger partial charge in [0, 0.05) is 0 Å². The van der Waals surface area contributed by atoms with Crippen LogP contribution in [0.25, 0.3) is 0 Å². The molecule has 0 aliphatic rings. The highest BCUT2D eigenvalue weighted by molar-refractivity contribution is 7.92. The second kappa shape index (κ2) is 5.92. The highest BCUT2D eigenvalue weighted by Gasteiger charge is 2.21. The number of aromatic nitrogens is 2. The number of rotatable bonds is 5. The molecular formula is C12H12FN3O4S. The average molecular weight is 313 g/mol. The van der Waals surface area contributed by atoms with Crippen LogP contribution in [0.2, 0.25) is 0 Å². The van der Waals surface area contributed by atoms with Crippen molar-refractivity contribution in [3.05, 3.63) is 41.8 Å². The maximum atomic E-state index is 13.1. The van der Waals surface area contributed by atoms with Gasteiger partial charge in [-0.2, -0.15) is 5.10 Å². The molecule has 7 nitrogen and oxygen atoms in total. The molecule has 2 aromatic rings. The molecule has 1 aromatic heterocycles. The van der Waals surface area contributed by atoms with E-state index in [2.05, 4.69) is 14.9 Å². The fourth-order valence-corrected chi connectivity index (χ4v) is 2.62. The van der Waals surface area contributed by atoms with Crippen LogP contribution in [0.1, 0.15) is 17.3 Å². The van der Waals surface area contributed by atoms with E-state index in [1.807, 2.05) is 0 Å². The predicted molar refractivity (Wildman–Crippen MR) is 71.8 cm³/mol. The lowest BCUT2D eigenvalue weighted by Gasteiger charge is -2.08. The van der Waals surface area contributed by atoms with Gasteiger partial charge in [-0.25, -0.2) is 17.6 Å². The molecule has 112 valence electrons. The van der Waals surface area contributed by atoms with Crippen LogP contribution < -0.4 is 4.72 Å². The second-order valence-corrected chi connectivity index (χ2v) is 5.62. The summed E-state index contributed by atoms with van der Waals surface area (Å²) in [5.74, 6) is -1.55. The normalized spacial score (nSPS) is 11.1. The van der Waals surface area contributed by atoms with E-state index in [-0.39, 0.29) is 22.9 Å². The molecule has 0 aliphatic heterocycles. The van der Waals surface area contributed by atoms with E-state index in [1.165, 1.54) is 12.1 Å². The van der Waals surface area contributed by atoms with Crippen molar-refractivity contribution in [2.24, 2.45) is 0 Å². The third kappa shape index (κ3) is 3.37. The number of halogens is 1. The number of hydrogen-bond acceptors (Lipinski definition) is 5. The molecule has 1 aromatic carbocycles. The summed E-state index contributed by atoms with van der Waals surface area (Å²) in [5.41, 5.74) is -0.0585. The lowest BCUT2D eigenvalue weighted by molar-refractivity contribution is 0.0527. The highest BCUT2D eigenvalue weighted by Crippen LogP contribution is 2.18. The summed E-state index contributed by atoms with van der Waals surface area (Å²) in [6.07, 6.45) is 1.14. The van der Waals surface area contributed by atoms with Crippen LogP contribution in [-0.4, -0.2) is 31.2 Å². The van der Waals surface area contributed by atoms with Crippen molar-refractivity contribution in [1.82, 2.24) is 10.2 Å². The zero-order valence-electron chi connectivity index (χ0n) is 11.0. The number of benzene rings is 1. The monoisotopic (exact) mass is 313 g/mol. The zero-order valence-corrected chi connectivity index (χ0v) is 11.8. The van der Waals surface area contributed by atoms with Gasteiger partial charge < -0.3 is 4.74 Å². The number of nitrogens with one attached hydrogen (secondary N) is 2. The molecule has 21 heavy (non-hydrogen) atoms. The Morgan fingerprint density at radius 3 is 2.90 bits per heavy atom. The maximum absolute atomic E-state index is 13.1. The van der Waals surface area contributed by atoms with Gasteiger partial charge in [0.2, 0.25) is 0 Å². The Hall–Kier alpha value is -2.42. The number of sulfonamides is 1. The van der Waals surface area contributed by atoms with Crippen molar-refractivity contribution in [1.29, 1.82) is 0 Å². The third-order valence-electron chi connectivity index (χ3n) is 2.48. The number of hydrogen-bond donors (Lipinski definition) is 2. The maximum Gasteiger partial charge on any atom is 0.343 e. The number of aromatic amines is 1. The topological polar surface area (TPSA) is 101 Å². The molecule has 2 N–H and O–H groups in total. The van der Waals surface area contributed by atoms with Crippen LogP contribution in [0, 0.1) is 5.82 Å². The van der Waals surface area contributed by atoms with Crippen molar-refractivity contribution in [3.63, 3.8) is 0 Å². The van der Waals surface area contributed by atoms with Crippen LogP contribution in [-0.2, 0) is 14.8 Å². The minimum absolute atomic E-state index is 0.0585. The summed E-state index contributed by atoms with van der Waals surface area (Å²) in [4.78, 5) is 11.4. The van der Waals surface area contributed by atoms with E-state index in [1.54, 1.807) is 6.92 Å². The van der Waals surface area contributed by atoms with Gasteiger partial charge in [0.15, 0.2) is 0 Å². The van der Waals surface area contributed by atoms with Gasteiger partial charge in [-0.3, -0.25) is 9.82 Å². The van der Waals surface area contributed by atoms with Crippen LogP contribution in [0.3, 0.4) is 0 Å². The minimum Gasteiger partial charge on any atom is -0.462 e. The molecule has 0 aliphatic carbocycles. The van der Waals surface area contributed by atoms with E-state index < -0.39 is 21.8 Å². The Kier molecular flexibility index (Phi) is 4.22. The van der Waals surface area contributed by atoms with Gasteiger partial charge in [-0.1, -0.05) is 6.07 Å². The lowest BCUT2D eigenvalue weighted by Crippen LogP contribution is -2.16. The van der Waals surface area contributed by atoms with E-state index in [4.69, 9.17) is 4.74 Å². The highest BCUT2D eigenvalue weighted by atomic mass is 32.2. The Balaban J connectivity index is 2.30. The van der Waals surface area contributed by atoms with E-state index in [9.17, 15) is 17.6 Å². The number of carbonyl (C=O) groups excluding carboxylic acids is 1. The Morgan fingerprint density at radius 1 is 1.48 bits per heavy atom. The minimum atomic E-state index is -4.05. The van der Waals surface area contributed by atoms with Crippen molar-refractivity contribution in [3.8, 4) is 0 Å². The average Bonchev–Trinajstić information content (AvgIpc) is 2.86. The summed E-state index contributed by atoms with van der Waals surface area (Å²) >= 11 is 0. The molecule has 0 radical (unpaired) electrons. The summed E-state index contributed by atoms with van der Waals surface area (Å²) in [7, 11) is -4.05. The summed E-state index contributed by atoms with van der Waals surface area (Å²) in [5, 5.41) is 5.94. The quantitative estimate of drug-likeness (QED) is 0.815. The van der Waals surface area contributed by atoms with Crippen LogP contribution in [0.15, 0.2) is 35.4 Å². The van der Waals surface area contributed by atoms with E-state index in [0.717, 1.165) is 18.3 Å². The Bertz CT molecular complexity index is 757. The first-order valence-corrected chi connectivity index (χ1v) is 7.41. The van der Waals surface area contributed by atoms with E-state index in [0.29, 0.717) is 0 Å². The van der Waals surface area contributed by atoms with Crippen molar-refractivity contribution >= 4 is 21.8 Å². The predicted octanol–water partition coefficient (Wildman–Crippen LogP) is 1.53. The molecule has 2 rings (SSSR count). The zero-order chi connectivity index (χ0) is 15.5. The molecule has 0 amide bonds. The molecule has 0 atom stereocenters. The number of anilines is 1. The molecule has 1 heterocycles. The van der Waals surface area contributed by atoms with Gasteiger partial charge in [0.25, 0.3) is 10.0 Å². The number of nitrogens with zero attached hydrogens (tertiary/aromatic N) is 1. The Labute approximate surface area is 120 Å². The molecule has 0 saturated carbocycles. The van der Waals surface area contributed by atoms with Gasteiger partial charge in [-0.15, -0.1) is 0 Å². The molecule has 0 spiro atoms. The van der Waals surface area contributed by atoms with Crippen LogP contribution in [0.4, 0.5) is 10.2 Å². The van der Waals surface area contributed by atoms with Gasteiger partial charge in [0.1, 0.15) is 17.2 Å². The van der Waals surface area contributed by atoms with Gasteiger partial charge in [-0.05, 0) is 25.1 Å². The van der Waals surface area contributed by atoms with Crippen molar-refractivity contribution in [2.75, 3.05) is 11.3 Å². The molecule has 9 heteroatoms. The van der Waals surface area contributed by atoms with Gasteiger partial charge in [0.05, 0.1) is 17.7 Å². The number of ether oxygens (including phenoxy) is 1. The van der Waals surface area contributed by atoms with E-state index >= 15 is 0 Å². The van der Waals surface area contributed by atoms with Gasteiger partial charge >= 0.3 is 5.97 Å².